The molecule has 2 rings (SSSR count). The van der Waals surface area contributed by atoms with Crippen molar-refractivity contribution >= 4 is 0 Å². The maximum atomic E-state index is 4.31. The van der Waals surface area contributed by atoms with Gasteiger partial charge in [-0.2, -0.15) is 5.10 Å². The predicted molar refractivity (Wildman–Crippen MR) is 57.2 cm³/mol. The van der Waals surface area contributed by atoms with Gasteiger partial charge in [-0.15, -0.1) is 0 Å². The van der Waals surface area contributed by atoms with Crippen LogP contribution in [-0.4, -0.2) is 33.8 Å². The fraction of sp³-hybridized carbons (Fsp3) is 0.727. The van der Waals surface area contributed by atoms with Crippen LogP contribution < -0.4 is 0 Å². The zero-order chi connectivity index (χ0) is 9.97. The summed E-state index contributed by atoms with van der Waals surface area (Å²) in [6.45, 7) is 6.97. The third-order valence-electron chi connectivity index (χ3n) is 3.13. The van der Waals surface area contributed by atoms with Gasteiger partial charge in [-0.1, -0.05) is 0 Å². The van der Waals surface area contributed by atoms with Gasteiger partial charge in [0.1, 0.15) is 0 Å². The van der Waals surface area contributed by atoms with E-state index in [1.807, 2.05) is 12.3 Å². The Morgan fingerprint density at radius 1 is 1.29 bits per heavy atom. The Bertz CT molecular complexity index is 258. The van der Waals surface area contributed by atoms with Crippen molar-refractivity contribution in [2.75, 3.05) is 13.1 Å². The van der Waals surface area contributed by atoms with Crippen molar-refractivity contribution in [2.24, 2.45) is 0 Å². The average molecular weight is 193 g/mol. The van der Waals surface area contributed by atoms with Crippen LogP contribution in [0.4, 0.5) is 0 Å². The Kier molecular flexibility index (Phi) is 2.87. The molecule has 0 aromatic carbocycles. The van der Waals surface area contributed by atoms with E-state index in [0.29, 0.717) is 12.1 Å². The fourth-order valence-electron chi connectivity index (χ4n) is 2.16. The number of aromatic nitrogens is 2. The molecule has 78 valence electrons. The van der Waals surface area contributed by atoms with Crippen LogP contribution in [0.3, 0.4) is 0 Å². The lowest BCUT2D eigenvalue weighted by atomic mass is 10.0. The highest BCUT2D eigenvalue weighted by atomic mass is 15.3. The molecule has 0 atom stereocenters. The van der Waals surface area contributed by atoms with Crippen molar-refractivity contribution in [1.29, 1.82) is 0 Å². The number of piperidine rings is 1. The van der Waals surface area contributed by atoms with Crippen LogP contribution in [0, 0.1) is 0 Å². The number of hydrogen-bond donors (Lipinski definition) is 0. The van der Waals surface area contributed by atoms with Crippen LogP contribution in [0.1, 0.15) is 32.7 Å². The van der Waals surface area contributed by atoms with E-state index in [4.69, 9.17) is 0 Å². The summed E-state index contributed by atoms with van der Waals surface area (Å²) in [6, 6.07) is 3.32. The van der Waals surface area contributed by atoms with E-state index in [0.717, 1.165) is 0 Å². The number of likely N-dealkylation sites (tertiary alicyclic amines) is 1. The molecule has 1 aliphatic heterocycles. The summed E-state index contributed by atoms with van der Waals surface area (Å²) in [5, 5.41) is 4.31. The van der Waals surface area contributed by atoms with E-state index in [2.05, 4.69) is 34.7 Å². The van der Waals surface area contributed by atoms with E-state index in [1.54, 1.807) is 0 Å². The van der Waals surface area contributed by atoms with Crippen LogP contribution in [0.15, 0.2) is 18.5 Å². The van der Waals surface area contributed by atoms with Gasteiger partial charge in [-0.25, -0.2) is 0 Å². The Hall–Kier alpha value is -0.830. The lowest BCUT2D eigenvalue weighted by Gasteiger charge is -2.34. The first-order valence-corrected chi connectivity index (χ1v) is 5.50. The molecule has 0 spiro atoms. The predicted octanol–water partition coefficient (Wildman–Crippen LogP) is 1.93. The molecule has 0 N–H and O–H groups in total. The topological polar surface area (TPSA) is 21.1 Å². The molecular weight excluding hydrogens is 174 g/mol. The molecule has 0 unspecified atom stereocenters. The quantitative estimate of drug-likeness (QED) is 0.715. The van der Waals surface area contributed by atoms with E-state index < -0.39 is 0 Å². The summed E-state index contributed by atoms with van der Waals surface area (Å²) in [4.78, 5) is 2.54. The van der Waals surface area contributed by atoms with Gasteiger partial charge in [0.15, 0.2) is 0 Å². The summed E-state index contributed by atoms with van der Waals surface area (Å²) in [5.74, 6) is 0. The molecule has 1 aromatic heterocycles. The second-order valence-electron chi connectivity index (χ2n) is 4.35. The molecule has 1 aliphatic rings. The molecule has 3 nitrogen and oxygen atoms in total. The smallest absolute Gasteiger partial charge is 0.0543 e. The first-order chi connectivity index (χ1) is 6.77. The van der Waals surface area contributed by atoms with Crippen molar-refractivity contribution in [2.45, 2.75) is 38.8 Å². The SMILES string of the molecule is CC(C)N1CCC(n2cccn2)CC1. The molecule has 1 saturated heterocycles. The molecular formula is C11H19N3. The number of nitrogens with zero attached hydrogens (tertiary/aromatic N) is 3. The Morgan fingerprint density at radius 3 is 2.50 bits per heavy atom. The van der Waals surface area contributed by atoms with Crippen molar-refractivity contribution in [3.05, 3.63) is 18.5 Å². The standard InChI is InChI=1S/C11H19N3/c1-10(2)13-8-4-11(5-9-13)14-7-3-6-12-14/h3,6-7,10-11H,4-5,8-9H2,1-2H3. The minimum absolute atomic E-state index is 0.625. The third kappa shape index (κ3) is 1.98. The van der Waals surface area contributed by atoms with Gasteiger partial charge < -0.3 is 4.90 Å². The summed E-state index contributed by atoms with van der Waals surface area (Å²) in [6.07, 6.45) is 6.42. The van der Waals surface area contributed by atoms with Gasteiger partial charge in [0, 0.05) is 31.5 Å². The van der Waals surface area contributed by atoms with Crippen LogP contribution in [-0.2, 0) is 0 Å². The second kappa shape index (κ2) is 4.13. The molecule has 0 aliphatic carbocycles. The molecule has 0 amide bonds. The molecule has 0 saturated carbocycles. The van der Waals surface area contributed by atoms with Crippen molar-refractivity contribution in [3.8, 4) is 0 Å². The fourth-order valence-corrected chi connectivity index (χ4v) is 2.16. The van der Waals surface area contributed by atoms with E-state index in [-0.39, 0.29) is 0 Å². The molecule has 14 heavy (non-hydrogen) atoms. The van der Waals surface area contributed by atoms with Crippen LogP contribution >= 0.6 is 0 Å². The Labute approximate surface area is 85.7 Å². The van der Waals surface area contributed by atoms with Crippen molar-refractivity contribution < 1.29 is 0 Å². The largest absolute Gasteiger partial charge is 0.301 e. The van der Waals surface area contributed by atoms with E-state index in [9.17, 15) is 0 Å². The average Bonchev–Trinajstić information content (AvgIpc) is 2.71. The summed E-state index contributed by atoms with van der Waals surface area (Å²) >= 11 is 0. The maximum Gasteiger partial charge on any atom is 0.0543 e. The normalized spacial score (nSPS) is 20.5. The summed E-state index contributed by atoms with van der Waals surface area (Å²) in [7, 11) is 0. The monoisotopic (exact) mass is 193 g/mol. The van der Waals surface area contributed by atoms with Crippen molar-refractivity contribution in [3.63, 3.8) is 0 Å². The van der Waals surface area contributed by atoms with Gasteiger partial charge >= 0.3 is 0 Å². The lowest BCUT2D eigenvalue weighted by Crippen LogP contribution is -2.39. The minimum Gasteiger partial charge on any atom is -0.301 e. The van der Waals surface area contributed by atoms with Crippen LogP contribution in [0.2, 0.25) is 0 Å². The van der Waals surface area contributed by atoms with Gasteiger partial charge in [0.05, 0.1) is 6.04 Å². The summed E-state index contributed by atoms with van der Waals surface area (Å²) < 4.78 is 2.11. The zero-order valence-electron chi connectivity index (χ0n) is 9.06. The highest BCUT2D eigenvalue weighted by Crippen LogP contribution is 2.22. The first kappa shape index (κ1) is 9.71. The highest BCUT2D eigenvalue weighted by molar-refractivity contribution is 4.84. The van der Waals surface area contributed by atoms with Gasteiger partial charge in [0.2, 0.25) is 0 Å². The Balaban J connectivity index is 1.90. The van der Waals surface area contributed by atoms with E-state index in [1.165, 1.54) is 25.9 Å². The molecule has 2 heterocycles. The molecule has 3 heteroatoms. The highest BCUT2D eigenvalue weighted by Gasteiger charge is 2.21. The third-order valence-corrected chi connectivity index (χ3v) is 3.13. The first-order valence-electron chi connectivity index (χ1n) is 5.50. The van der Waals surface area contributed by atoms with Crippen LogP contribution in [0.25, 0.3) is 0 Å². The Morgan fingerprint density at radius 2 is 2.00 bits per heavy atom. The number of rotatable bonds is 2. The van der Waals surface area contributed by atoms with Gasteiger partial charge in [-0.05, 0) is 32.8 Å². The second-order valence-corrected chi connectivity index (χ2v) is 4.35. The molecule has 0 bridgehead atoms. The van der Waals surface area contributed by atoms with Crippen LogP contribution in [0.5, 0.6) is 0 Å². The zero-order valence-corrected chi connectivity index (χ0v) is 9.06. The van der Waals surface area contributed by atoms with E-state index >= 15 is 0 Å². The molecule has 1 aromatic rings. The van der Waals surface area contributed by atoms with Gasteiger partial charge in [-0.3, -0.25) is 4.68 Å². The molecule has 0 radical (unpaired) electrons. The van der Waals surface area contributed by atoms with Crippen molar-refractivity contribution in [1.82, 2.24) is 14.7 Å². The lowest BCUT2D eigenvalue weighted by molar-refractivity contribution is 0.147. The maximum absolute atomic E-state index is 4.31. The summed E-state index contributed by atoms with van der Waals surface area (Å²) in [5.41, 5.74) is 0. The minimum atomic E-state index is 0.625. The molecule has 1 fully saturated rings. The number of hydrogen-bond acceptors (Lipinski definition) is 2. The van der Waals surface area contributed by atoms with Gasteiger partial charge in [0.25, 0.3) is 0 Å².